The summed E-state index contributed by atoms with van der Waals surface area (Å²) in [5, 5.41) is 51.9. The molecule has 0 saturated carbocycles. The molecule has 10 heteroatoms. The molecule has 0 fully saturated rings. The molecule has 0 radical (unpaired) electrons. The minimum absolute atomic E-state index is 0.0258. The van der Waals surface area contributed by atoms with Gasteiger partial charge < -0.3 is 46.9 Å². The number of rotatable bonds is 10. The van der Waals surface area contributed by atoms with Crippen LogP contribution in [-0.2, 0) is 9.59 Å². The number of aliphatic hydroxyl groups is 5. The van der Waals surface area contributed by atoms with Crippen molar-refractivity contribution < 1.29 is 40.2 Å². The van der Waals surface area contributed by atoms with Crippen LogP contribution in [0.2, 0.25) is 0 Å². The number of unbranched alkanes of at least 4 members (excludes halogenated alkanes) is 1. The summed E-state index contributed by atoms with van der Waals surface area (Å²) in [7, 11) is 0. The maximum absolute atomic E-state index is 10.1. The van der Waals surface area contributed by atoms with Gasteiger partial charge in [-0.1, -0.05) is 6.42 Å². The summed E-state index contributed by atoms with van der Waals surface area (Å²) in [6.45, 7) is -0.157. The number of aliphatic hydroxyl groups excluding tert-OH is 5. The number of carbonyl (C=O) groups excluding carboxylic acids is 1. The summed E-state index contributed by atoms with van der Waals surface area (Å²) in [5.74, 6) is -0.933. The number of carboxylic acids is 1. The second kappa shape index (κ2) is 13.5. The van der Waals surface area contributed by atoms with Gasteiger partial charge in [-0.25, -0.2) is 0 Å². The van der Waals surface area contributed by atoms with Crippen molar-refractivity contribution in [1.29, 1.82) is 0 Å². The maximum Gasteiger partial charge on any atom is 0.320 e. The Balaban J connectivity index is 0. The number of carboxylic acid groups (broad SMARTS) is 1. The van der Waals surface area contributed by atoms with Gasteiger partial charge in [-0.15, -0.1) is 0 Å². The lowest BCUT2D eigenvalue weighted by Crippen LogP contribution is -2.46. The van der Waals surface area contributed by atoms with E-state index in [9.17, 15) is 9.59 Å². The van der Waals surface area contributed by atoms with Crippen LogP contribution in [0.4, 0.5) is 0 Å². The summed E-state index contributed by atoms with van der Waals surface area (Å²) in [5.41, 5.74) is 10.4. The molecule has 5 atom stereocenters. The summed E-state index contributed by atoms with van der Waals surface area (Å²) >= 11 is 0. The third kappa shape index (κ3) is 10.6. The van der Waals surface area contributed by atoms with Gasteiger partial charge in [0, 0.05) is 0 Å². The lowest BCUT2D eigenvalue weighted by Gasteiger charge is -2.22. The Morgan fingerprint density at radius 3 is 2.00 bits per heavy atom. The maximum atomic E-state index is 10.1. The van der Waals surface area contributed by atoms with Crippen LogP contribution in [0.3, 0.4) is 0 Å². The molecule has 0 spiro atoms. The predicted octanol–water partition coefficient (Wildman–Crippen LogP) is -3.85. The zero-order chi connectivity index (χ0) is 17.7. The zero-order valence-corrected chi connectivity index (χ0v) is 12.2. The van der Waals surface area contributed by atoms with E-state index >= 15 is 0 Å². The number of aldehydes is 1. The standard InChI is InChI=1S/C6H14N2O2.C6H12O6/c7-4-2-1-3-5(8)6(9)10;7-1-3(9)5(11)6(12)4(10)2-8/h5H,1-4,7-8H2,(H,9,10);1,3-6,8-12H,2H2/t5-;3-,4+,5+,6+/m00/s1. The van der Waals surface area contributed by atoms with Gasteiger partial charge in [0.2, 0.25) is 0 Å². The Bertz CT molecular complexity index is 305. The van der Waals surface area contributed by atoms with Crippen molar-refractivity contribution in [2.24, 2.45) is 11.5 Å². The fourth-order valence-electron chi connectivity index (χ4n) is 1.25. The van der Waals surface area contributed by atoms with E-state index in [4.69, 9.17) is 42.1 Å². The monoisotopic (exact) mass is 326 g/mol. The SMILES string of the molecule is NCCCC[C@H](N)C(=O)O.O=C[C@H](O)[C@@H](O)[C@H](O)[C@H](O)CO. The van der Waals surface area contributed by atoms with Crippen LogP contribution in [0.25, 0.3) is 0 Å². The first-order valence-electron chi connectivity index (χ1n) is 6.69. The lowest BCUT2D eigenvalue weighted by atomic mass is 10.0. The Morgan fingerprint density at radius 2 is 1.64 bits per heavy atom. The van der Waals surface area contributed by atoms with Crippen LogP contribution < -0.4 is 11.5 Å². The van der Waals surface area contributed by atoms with Gasteiger partial charge in [0.15, 0.2) is 6.29 Å². The fourth-order valence-corrected chi connectivity index (χ4v) is 1.25. The van der Waals surface area contributed by atoms with Gasteiger partial charge in [-0.05, 0) is 19.4 Å². The van der Waals surface area contributed by atoms with E-state index in [2.05, 4.69) is 0 Å². The summed E-state index contributed by atoms with van der Waals surface area (Å²) in [6.07, 6.45) is -4.68. The van der Waals surface area contributed by atoms with Crippen molar-refractivity contribution >= 4 is 12.3 Å². The quantitative estimate of drug-likeness (QED) is 0.145. The third-order valence-corrected chi connectivity index (χ3v) is 2.71. The molecule has 22 heavy (non-hydrogen) atoms. The number of hydrogen-bond donors (Lipinski definition) is 8. The first-order chi connectivity index (χ1) is 10.2. The highest BCUT2D eigenvalue weighted by atomic mass is 16.4. The van der Waals surface area contributed by atoms with Crippen LogP contribution in [0, 0.1) is 0 Å². The van der Waals surface area contributed by atoms with Gasteiger partial charge in [-0.2, -0.15) is 0 Å². The third-order valence-electron chi connectivity index (χ3n) is 2.71. The molecule has 0 aromatic heterocycles. The molecule has 0 bridgehead atoms. The van der Waals surface area contributed by atoms with Gasteiger partial charge in [0.1, 0.15) is 30.5 Å². The highest BCUT2D eigenvalue weighted by Gasteiger charge is 2.29. The number of nitrogens with two attached hydrogens (primary N) is 2. The Morgan fingerprint density at radius 1 is 1.09 bits per heavy atom. The smallest absolute Gasteiger partial charge is 0.320 e. The first-order valence-corrected chi connectivity index (χ1v) is 6.69. The average molecular weight is 326 g/mol. The van der Waals surface area contributed by atoms with Gasteiger partial charge in [0.25, 0.3) is 0 Å². The molecular formula is C12H26N2O8. The van der Waals surface area contributed by atoms with Crippen LogP contribution in [-0.4, -0.2) is 86.5 Å². The molecule has 0 aromatic carbocycles. The van der Waals surface area contributed by atoms with E-state index in [1.165, 1.54) is 0 Å². The molecule has 10 nitrogen and oxygen atoms in total. The first kappa shape index (κ1) is 23.1. The summed E-state index contributed by atoms with van der Waals surface area (Å²) in [4.78, 5) is 20.0. The molecule has 0 rings (SSSR count). The van der Waals surface area contributed by atoms with Crippen LogP contribution in [0.1, 0.15) is 19.3 Å². The Hall–Kier alpha value is -1.14. The summed E-state index contributed by atoms with van der Waals surface area (Å²) < 4.78 is 0. The highest BCUT2D eigenvalue weighted by molar-refractivity contribution is 5.72. The van der Waals surface area contributed by atoms with E-state index in [1.807, 2.05) is 0 Å². The fraction of sp³-hybridized carbons (Fsp3) is 0.833. The van der Waals surface area contributed by atoms with Crippen molar-refractivity contribution in [2.45, 2.75) is 49.7 Å². The van der Waals surface area contributed by atoms with E-state index in [0.29, 0.717) is 13.0 Å². The molecule has 0 saturated heterocycles. The molecule has 0 amide bonds. The number of hydrogen-bond acceptors (Lipinski definition) is 9. The molecule has 0 aliphatic carbocycles. The Kier molecular flexibility index (Phi) is 14.2. The van der Waals surface area contributed by atoms with Crippen molar-refractivity contribution in [2.75, 3.05) is 13.2 Å². The van der Waals surface area contributed by atoms with Crippen molar-refractivity contribution in [1.82, 2.24) is 0 Å². The van der Waals surface area contributed by atoms with E-state index in [0.717, 1.165) is 12.8 Å². The van der Waals surface area contributed by atoms with Crippen molar-refractivity contribution in [3.8, 4) is 0 Å². The number of carbonyl (C=O) groups is 2. The highest BCUT2D eigenvalue weighted by Crippen LogP contribution is 2.03. The minimum Gasteiger partial charge on any atom is -0.480 e. The molecule has 0 aliphatic heterocycles. The molecule has 0 aromatic rings. The van der Waals surface area contributed by atoms with Crippen LogP contribution in [0.5, 0.6) is 0 Å². The largest absolute Gasteiger partial charge is 0.480 e. The van der Waals surface area contributed by atoms with E-state index < -0.39 is 43.0 Å². The molecule has 132 valence electrons. The van der Waals surface area contributed by atoms with Crippen molar-refractivity contribution in [3.63, 3.8) is 0 Å². The molecular weight excluding hydrogens is 300 g/mol. The van der Waals surface area contributed by atoms with E-state index in [-0.39, 0.29) is 6.29 Å². The predicted molar refractivity (Wildman–Crippen MR) is 75.7 cm³/mol. The topological polar surface area (TPSA) is 208 Å². The molecule has 0 aliphatic rings. The second-order valence-corrected chi connectivity index (χ2v) is 4.59. The van der Waals surface area contributed by atoms with E-state index in [1.54, 1.807) is 0 Å². The van der Waals surface area contributed by atoms with Crippen LogP contribution >= 0.6 is 0 Å². The summed E-state index contributed by atoms with van der Waals surface area (Å²) in [6, 6.07) is -0.716. The second-order valence-electron chi connectivity index (χ2n) is 4.59. The Labute approximate surface area is 128 Å². The van der Waals surface area contributed by atoms with Gasteiger partial charge in [-0.3, -0.25) is 4.79 Å². The van der Waals surface area contributed by atoms with Gasteiger partial charge >= 0.3 is 5.97 Å². The molecule has 10 N–H and O–H groups in total. The van der Waals surface area contributed by atoms with Crippen molar-refractivity contribution in [3.05, 3.63) is 0 Å². The average Bonchev–Trinajstić information content (AvgIpc) is 2.52. The molecule has 0 heterocycles. The zero-order valence-electron chi connectivity index (χ0n) is 12.2. The number of aliphatic carboxylic acids is 1. The van der Waals surface area contributed by atoms with Crippen LogP contribution in [0.15, 0.2) is 0 Å². The minimum atomic E-state index is -1.79. The lowest BCUT2D eigenvalue weighted by molar-refractivity contribution is -0.138. The molecule has 0 unspecified atom stereocenters. The van der Waals surface area contributed by atoms with Gasteiger partial charge in [0.05, 0.1) is 6.61 Å². The normalized spacial score (nSPS) is 17.4.